The minimum absolute atomic E-state index is 0.171. The molecule has 0 bridgehead atoms. The van der Waals surface area contributed by atoms with Crippen LogP contribution in [0.25, 0.3) is 0 Å². The number of carbonyl (C=O) groups excluding carboxylic acids is 1. The number of esters is 1. The average Bonchev–Trinajstić information content (AvgIpc) is 2.52. The molecule has 0 aliphatic heterocycles. The number of rotatable bonds is 2. The Hall–Kier alpha value is -1.27. The van der Waals surface area contributed by atoms with E-state index in [0.29, 0.717) is 5.56 Å². The first-order valence-electron chi connectivity index (χ1n) is 3.86. The molecule has 68 valence electrons. The van der Waals surface area contributed by atoms with Crippen LogP contribution in [0.4, 0.5) is 0 Å². The fourth-order valence-electron chi connectivity index (χ4n) is 0.808. The largest absolute Gasteiger partial charge is 0.449 e. The molecule has 1 aromatic rings. The summed E-state index contributed by atoms with van der Waals surface area (Å²) in [4.78, 5) is 12.4. The van der Waals surface area contributed by atoms with Crippen LogP contribution in [-0.2, 0) is 4.74 Å². The van der Waals surface area contributed by atoms with E-state index in [0.717, 1.165) is 4.88 Å². The van der Waals surface area contributed by atoms with Gasteiger partial charge in [0.05, 0.1) is 5.56 Å². The van der Waals surface area contributed by atoms with E-state index < -0.39 is 0 Å². The van der Waals surface area contributed by atoms with Crippen molar-refractivity contribution in [1.82, 2.24) is 0 Å². The molecule has 0 radical (unpaired) electrons. The number of aryl methyl sites for hydroxylation is 1. The first-order chi connectivity index (χ1) is 6.24. The quantitative estimate of drug-likeness (QED) is 0.533. The third kappa shape index (κ3) is 2.92. The summed E-state index contributed by atoms with van der Waals surface area (Å²) in [6.45, 7) is 3.83. The van der Waals surface area contributed by atoms with Crippen LogP contribution < -0.4 is 0 Å². The zero-order valence-corrected chi connectivity index (χ0v) is 8.40. The summed E-state index contributed by atoms with van der Waals surface area (Å²) in [7, 11) is 0. The predicted molar refractivity (Wildman–Crippen MR) is 52.8 cm³/mol. The Morgan fingerprint density at radius 3 is 3.00 bits per heavy atom. The van der Waals surface area contributed by atoms with Gasteiger partial charge in [-0.2, -0.15) is 0 Å². The Kier molecular flexibility index (Phi) is 3.53. The Balaban J connectivity index is 2.52. The van der Waals surface area contributed by atoms with Crippen molar-refractivity contribution in [1.29, 1.82) is 0 Å². The highest BCUT2D eigenvalue weighted by Crippen LogP contribution is 2.13. The Morgan fingerprint density at radius 1 is 1.69 bits per heavy atom. The van der Waals surface area contributed by atoms with Crippen LogP contribution in [0.1, 0.15) is 22.2 Å². The second-order valence-corrected chi connectivity index (χ2v) is 3.56. The summed E-state index contributed by atoms with van der Waals surface area (Å²) in [6, 6.07) is 1.81. The fourth-order valence-corrected chi connectivity index (χ4v) is 1.48. The molecule has 13 heavy (non-hydrogen) atoms. The van der Waals surface area contributed by atoms with Crippen LogP contribution in [0.2, 0.25) is 0 Å². The minimum Gasteiger partial charge on any atom is -0.449 e. The van der Waals surface area contributed by atoms with Gasteiger partial charge < -0.3 is 4.74 Å². The highest BCUT2D eigenvalue weighted by atomic mass is 32.1. The van der Waals surface area contributed by atoms with E-state index in [2.05, 4.69) is 11.8 Å². The number of thiophene rings is 1. The number of hydrogen-bond acceptors (Lipinski definition) is 3. The van der Waals surface area contributed by atoms with E-state index in [1.807, 2.05) is 13.0 Å². The summed E-state index contributed by atoms with van der Waals surface area (Å²) < 4.78 is 4.88. The molecular weight excluding hydrogens is 184 g/mol. The van der Waals surface area contributed by atoms with Crippen molar-refractivity contribution in [2.24, 2.45) is 0 Å². The van der Waals surface area contributed by atoms with Gasteiger partial charge in [0.25, 0.3) is 0 Å². The second kappa shape index (κ2) is 4.68. The molecule has 3 heteroatoms. The van der Waals surface area contributed by atoms with E-state index in [1.54, 1.807) is 12.3 Å². The summed E-state index contributed by atoms with van der Waals surface area (Å²) >= 11 is 1.54. The molecule has 0 spiro atoms. The van der Waals surface area contributed by atoms with Crippen LogP contribution in [0.3, 0.4) is 0 Å². The molecule has 1 aromatic heterocycles. The van der Waals surface area contributed by atoms with Crippen molar-refractivity contribution >= 4 is 17.3 Å². The molecule has 0 aromatic carbocycles. The summed E-state index contributed by atoms with van der Waals surface area (Å²) in [6.07, 6.45) is 0. The van der Waals surface area contributed by atoms with Crippen LogP contribution in [0.5, 0.6) is 0 Å². The molecule has 2 nitrogen and oxygen atoms in total. The van der Waals surface area contributed by atoms with Crippen LogP contribution in [0.15, 0.2) is 11.4 Å². The van der Waals surface area contributed by atoms with E-state index in [1.165, 1.54) is 11.3 Å². The van der Waals surface area contributed by atoms with Crippen molar-refractivity contribution in [3.05, 3.63) is 21.9 Å². The van der Waals surface area contributed by atoms with Gasteiger partial charge in [0.15, 0.2) is 6.61 Å². The number of carbonyl (C=O) groups is 1. The summed E-state index contributed by atoms with van der Waals surface area (Å²) in [5.74, 6) is 5.02. The second-order valence-electron chi connectivity index (χ2n) is 2.45. The summed E-state index contributed by atoms with van der Waals surface area (Å²) in [5.41, 5.74) is 0.611. The maximum Gasteiger partial charge on any atom is 0.339 e. The van der Waals surface area contributed by atoms with Crippen LogP contribution >= 0.6 is 11.3 Å². The van der Waals surface area contributed by atoms with E-state index in [-0.39, 0.29) is 12.6 Å². The van der Waals surface area contributed by atoms with Crippen molar-refractivity contribution in [2.45, 2.75) is 13.8 Å². The lowest BCUT2D eigenvalue weighted by atomic mass is 10.3. The van der Waals surface area contributed by atoms with Crippen LogP contribution in [0, 0.1) is 18.8 Å². The minimum atomic E-state index is -0.299. The van der Waals surface area contributed by atoms with Gasteiger partial charge in [-0.25, -0.2) is 4.79 Å². The molecule has 0 unspecified atom stereocenters. The molecule has 0 fully saturated rings. The molecule has 0 aliphatic carbocycles. The third-order valence-electron chi connectivity index (χ3n) is 1.42. The highest BCUT2D eigenvalue weighted by molar-refractivity contribution is 7.10. The van der Waals surface area contributed by atoms with E-state index in [4.69, 9.17) is 4.74 Å². The van der Waals surface area contributed by atoms with E-state index >= 15 is 0 Å². The molecular formula is C10H10O2S. The number of hydrogen-bond donors (Lipinski definition) is 0. The van der Waals surface area contributed by atoms with Gasteiger partial charge in [-0.05, 0) is 19.9 Å². The molecule has 0 aliphatic rings. The smallest absolute Gasteiger partial charge is 0.339 e. The fraction of sp³-hybridized carbons (Fsp3) is 0.300. The van der Waals surface area contributed by atoms with E-state index in [9.17, 15) is 4.79 Å². The monoisotopic (exact) mass is 194 g/mol. The maximum atomic E-state index is 11.2. The normalized spacial score (nSPS) is 8.77. The number of ether oxygens (including phenoxy) is 1. The van der Waals surface area contributed by atoms with Gasteiger partial charge in [-0.3, -0.25) is 0 Å². The predicted octanol–water partition coefficient (Wildman–Crippen LogP) is 2.24. The lowest BCUT2D eigenvalue weighted by Gasteiger charge is -1.96. The average molecular weight is 194 g/mol. The van der Waals surface area contributed by atoms with Gasteiger partial charge >= 0.3 is 5.97 Å². The molecule has 0 N–H and O–H groups in total. The van der Waals surface area contributed by atoms with Crippen molar-refractivity contribution < 1.29 is 9.53 Å². The zero-order chi connectivity index (χ0) is 9.68. The first kappa shape index (κ1) is 9.82. The standard InChI is InChI=1S/C10H10O2S/c1-3-4-5-12-10(11)9-6-8(2)13-7-9/h6-7H,5H2,1-2H3. The molecule has 0 saturated heterocycles. The van der Waals surface area contributed by atoms with Crippen molar-refractivity contribution in [3.8, 4) is 11.8 Å². The summed E-state index contributed by atoms with van der Waals surface area (Å²) in [5, 5.41) is 1.79. The van der Waals surface area contributed by atoms with Crippen LogP contribution in [-0.4, -0.2) is 12.6 Å². The Bertz CT molecular complexity index is 354. The van der Waals surface area contributed by atoms with Gasteiger partial charge in [0, 0.05) is 10.3 Å². The van der Waals surface area contributed by atoms with Gasteiger partial charge in [-0.15, -0.1) is 17.3 Å². The van der Waals surface area contributed by atoms with Gasteiger partial charge in [0.2, 0.25) is 0 Å². The molecule has 0 saturated carbocycles. The lowest BCUT2D eigenvalue weighted by molar-refractivity contribution is 0.0557. The first-order valence-corrected chi connectivity index (χ1v) is 4.74. The molecule has 1 rings (SSSR count). The Labute approximate surface area is 81.5 Å². The lowest BCUT2D eigenvalue weighted by Crippen LogP contribution is -2.03. The topological polar surface area (TPSA) is 26.3 Å². The molecule has 0 atom stereocenters. The van der Waals surface area contributed by atoms with Gasteiger partial charge in [-0.1, -0.05) is 5.92 Å². The highest BCUT2D eigenvalue weighted by Gasteiger charge is 2.07. The SMILES string of the molecule is CC#CCOC(=O)c1csc(C)c1. The zero-order valence-electron chi connectivity index (χ0n) is 7.59. The molecule has 0 amide bonds. The van der Waals surface area contributed by atoms with Crippen molar-refractivity contribution in [3.63, 3.8) is 0 Å². The maximum absolute atomic E-state index is 11.2. The van der Waals surface area contributed by atoms with Gasteiger partial charge in [0.1, 0.15) is 0 Å². The third-order valence-corrected chi connectivity index (χ3v) is 2.28. The molecule has 1 heterocycles. The van der Waals surface area contributed by atoms with Crippen molar-refractivity contribution in [2.75, 3.05) is 6.61 Å². The Morgan fingerprint density at radius 2 is 2.46 bits per heavy atom.